The highest BCUT2D eigenvalue weighted by atomic mass is 32.2. The van der Waals surface area contributed by atoms with Crippen LogP contribution in [0, 0.1) is 10.1 Å². The maximum Gasteiger partial charge on any atom is 0.271 e. The van der Waals surface area contributed by atoms with Crippen molar-refractivity contribution in [2.24, 2.45) is 0 Å². The zero-order valence-corrected chi connectivity index (χ0v) is 11.0. The standard InChI is InChI=1S/C12H17N3O2S/c16-15(17)12-3-1-2-11(10-12)13-4-5-14-6-8-18-9-7-14/h1-3,10,13H,4-9H2. The van der Waals surface area contributed by atoms with Crippen LogP contribution in [0.5, 0.6) is 0 Å². The van der Waals surface area contributed by atoms with Gasteiger partial charge in [0.1, 0.15) is 0 Å². The highest BCUT2D eigenvalue weighted by Gasteiger charge is 2.09. The zero-order valence-electron chi connectivity index (χ0n) is 10.2. The van der Waals surface area contributed by atoms with Crippen LogP contribution in [0.2, 0.25) is 0 Å². The predicted octanol–water partition coefficient (Wildman–Crippen LogP) is 2.06. The Kier molecular flexibility index (Phi) is 4.83. The summed E-state index contributed by atoms with van der Waals surface area (Å²) >= 11 is 2.00. The van der Waals surface area contributed by atoms with Crippen molar-refractivity contribution in [3.05, 3.63) is 34.4 Å². The van der Waals surface area contributed by atoms with Crippen LogP contribution in [0.3, 0.4) is 0 Å². The normalized spacial score (nSPS) is 16.4. The summed E-state index contributed by atoms with van der Waals surface area (Å²) in [7, 11) is 0. The molecule has 1 aliphatic rings. The fourth-order valence-electron chi connectivity index (χ4n) is 1.91. The van der Waals surface area contributed by atoms with E-state index >= 15 is 0 Å². The van der Waals surface area contributed by atoms with Crippen molar-refractivity contribution < 1.29 is 4.92 Å². The topological polar surface area (TPSA) is 58.4 Å². The molecular formula is C12H17N3O2S. The number of rotatable bonds is 5. The molecular weight excluding hydrogens is 250 g/mol. The second kappa shape index (κ2) is 6.61. The molecule has 0 atom stereocenters. The van der Waals surface area contributed by atoms with Crippen LogP contribution < -0.4 is 5.32 Å². The van der Waals surface area contributed by atoms with E-state index in [9.17, 15) is 10.1 Å². The van der Waals surface area contributed by atoms with E-state index < -0.39 is 0 Å². The molecule has 0 saturated carbocycles. The van der Waals surface area contributed by atoms with E-state index in [4.69, 9.17) is 0 Å². The number of nitrogens with zero attached hydrogens (tertiary/aromatic N) is 2. The molecule has 0 aromatic heterocycles. The SMILES string of the molecule is O=[N+]([O-])c1cccc(NCCN2CCSCC2)c1. The molecule has 1 fully saturated rings. The van der Waals surface area contributed by atoms with Gasteiger partial charge in [0.2, 0.25) is 0 Å². The van der Waals surface area contributed by atoms with Gasteiger partial charge >= 0.3 is 0 Å². The Hall–Kier alpha value is -1.27. The fourth-order valence-corrected chi connectivity index (χ4v) is 2.89. The number of anilines is 1. The van der Waals surface area contributed by atoms with Crippen LogP contribution in [0.15, 0.2) is 24.3 Å². The molecule has 1 aromatic carbocycles. The van der Waals surface area contributed by atoms with Gasteiger partial charge in [0, 0.05) is 55.5 Å². The van der Waals surface area contributed by atoms with Gasteiger partial charge in [0.15, 0.2) is 0 Å². The van der Waals surface area contributed by atoms with Gasteiger partial charge in [-0.1, -0.05) is 6.07 Å². The van der Waals surface area contributed by atoms with Crippen LogP contribution in [0.25, 0.3) is 0 Å². The summed E-state index contributed by atoms with van der Waals surface area (Å²) in [6.07, 6.45) is 0. The fraction of sp³-hybridized carbons (Fsp3) is 0.500. The highest BCUT2D eigenvalue weighted by molar-refractivity contribution is 7.99. The van der Waals surface area contributed by atoms with Gasteiger partial charge in [-0.05, 0) is 6.07 Å². The maximum atomic E-state index is 10.6. The van der Waals surface area contributed by atoms with Crippen molar-refractivity contribution in [1.29, 1.82) is 0 Å². The van der Waals surface area contributed by atoms with Crippen molar-refractivity contribution >= 4 is 23.1 Å². The average Bonchev–Trinajstić information content (AvgIpc) is 2.40. The summed E-state index contributed by atoms with van der Waals surface area (Å²) in [5.41, 5.74) is 0.949. The minimum absolute atomic E-state index is 0.134. The molecule has 6 heteroatoms. The van der Waals surface area contributed by atoms with Gasteiger partial charge in [-0.3, -0.25) is 15.0 Å². The van der Waals surface area contributed by atoms with Crippen LogP contribution >= 0.6 is 11.8 Å². The van der Waals surface area contributed by atoms with Gasteiger partial charge in [0.05, 0.1) is 4.92 Å². The molecule has 1 aliphatic heterocycles. The van der Waals surface area contributed by atoms with Crippen molar-refractivity contribution in [2.45, 2.75) is 0 Å². The minimum Gasteiger partial charge on any atom is -0.384 e. The molecule has 0 bridgehead atoms. The second-order valence-electron chi connectivity index (χ2n) is 4.19. The smallest absolute Gasteiger partial charge is 0.271 e. The molecule has 2 rings (SSSR count). The van der Waals surface area contributed by atoms with E-state index in [1.54, 1.807) is 12.1 Å². The van der Waals surface area contributed by atoms with E-state index in [0.717, 1.165) is 31.9 Å². The molecule has 1 aromatic rings. The lowest BCUT2D eigenvalue weighted by Gasteiger charge is -2.26. The van der Waals surface area contributed by atoms with Crippen molar-refractivity contribution in [2.75, 3.05) is 43.0 Å². The number of non-ortho nitro benzene ring substituents is 1. The van der Waals surface area contributed by atoms with E-state index in [1.165, 1.54) is 17.6 Å². The molecule has 98 valence electrons. The Bertz CT molecular complexity index is 408. The summed E-state index contributed by atoms with van der Waals surface area (Å²) in [5.74, 6) is 2.41. The van der Waals surface area contributed by atoms with Gasteiger partial charge in [-0.2, -0.15) is 11.8 Å². The third kappa shape index (κ3) is 3.89. The Labute approximate surface area is 111 Å². The molecule has 5 nitrogen and oxygen atoms in total. The largest absolute Gasteiger partial charge is 0.384 e. The quantitative estimate of drug-likeness (QED) is 0.653. The molecule has 18 heavy (non-hydrogen) atoms. The van der Waals surface area contributed by atoms with E-state index in [0.29, 0.717) is 0 Å². The number of thioether (sulfide) groups is 1. The number of nitro benzene ring substituents is 1. The molecule has 0 unspecified atom stereocenters. The lowest BCUT2D eigenvalue weighted by Crippen LogP contribution is -2.36. The molecule has 1 N–H and O–H groups in total. The molecule has 0 amide bonds. The number of nitrogens with one attached hydrogen (secondary N) is 1. The Morgan fingerprint density at radius 1 is 1.39 bits per heavy atom. The van der Waals surface area contributed by atoms with Crippen LogP contribution in [-0.4, -0.2) is 47.5 Å². The molecule has 0 aliphatic carbocycles. The minimum atomic E-state index is -0.368. The summed E-state index contributed by atoms with van der Waals surface area (Å²) in [6.45, 7) is 4.09. The summed E-state index contributed by atoms with van der Waals surface area (Å²) in [4.78, 5) is 12.7. The van der Waals surface area contributed by atoms with E-state index in [2.05, 4.69) is 10.2 Å². The van der Waals surface area contributed by atoms with Crippen molar-refractivity contribution in [1.82, 2.24) is 4.90 Å². The Balaban J connectivity index is 1.78. The lowest BCUT2D eigenvalue weighted by atomic mass is 10.3. The first kappa shape index (κ1) is 13.2. The number of hydrogen-bond acceptors (Lipinski definition) is 5. The second-order valence-corrected chi connectivity index (χ2v) is 5.41. The maximum absolute atomic E-state index is 10.6. The summed E-state index contributed by atoms with van der Waals surface area (Å²) < 4.78 is 0. The van der Waals surface area contributed by atoms with Gasteiger partial charge in [0.25, 0.3) is 5.69 Å². The third-order valence-electron chi connectivity index (χ3n) is 2.92. The van der Waals surface area contributed by atoms with Crippen molar-refractivity contribution in [3.63, 3.8) is 0 Å². The van der Waals surface area contributed by atoms with Gasteiger partial charge < -0.3 is 5.32 Å². The van der Waals surface area contributed by atoms with E-state index in [1.807, 2.05) is 17.8 Å². The summed E-state index contributed by atoms with van der Waals surface area (Å²) in [5, 5.41) is 13.9. The number of benzene rings is 1. The van der Waals surface area contributed by atoms with E-state index in [-0.39, 0.29) is 10.6 Å². The van der Waals surface area contributed by atoms with Gasteiger partial charge in [-0.25, -0.2) is 0 Å². The lowest BCUT2D eigenvalue weighted by molar-refractivity contribution is -0.384. The third-order valence-corrected chi connectivity index (χ3v) is 3.86. The van der Waals surface area contributed by atoms with Crippen LogP contribution in [-0.2, 0) is 0 Å². The average molecular weight is 267 g/mol. The first-order valence-corrected chi connectivity index (χ1v) is 7.19. The number of hydrogen-bond donors (Lipinski definition) is 1. The first-order valence-electron chi connectivity index (χ1n) is 6.04. The first-order chi connectivity index (χ1) is 8.75. The molecule has 0 radical (unpaired) electrons. The number of nitro groups is 1. The van der Waals surface area contributed by atoms with Crippen LogP contribution in [0.1, 0.15) is 0 Å². The molecule has 1 heterocycles. The van der Waals surface area contributed by atoms with Gasteiger partial charge in [-0.15, -0.1) is 0 Å². The molecule has 0 spiro atoms. The van der Waals surface area contributed by atoms with Crippen molar-refractivity contribution in [3.8, 4) is 0 Å². The Morgan fingerprint density at radius 2 is 2.17 bits per heavy atom. The zero-order chi connectivity index (χ0) is 12.8. The monoisotopic (exact) mass is 267 g/mol. The summed E-state index contributed by atoms with van der Waals surface area (Å²) in [6, 6.07) is 6.65. The predicted molar refractivity (Wildman–Crippen MR) is 75.4 cm³/mol. The van der Waals surface area contributed by atoms with Crippen LogP contribution in [0.4, 0.5) is 11.4 Å². The Morgan fingerprint density at radius 3 is 2.89 bits per heavy atom. The highest BCUT2D eigenvalue weighted by Crippen LogP contribution is 2.16. The molecule has 1 saturated heterocycles.